The summed E-state index contributed by atoms with van der Waals surface area (Å²) in [4.78, 5) is 12.7. The molecule has 0 aliphatic heterocycles. The van der Waals surface area contributed by atoms with Crippen LogP contribution in [-0.2, 0) is 21.2 Å². The number of aryl methyl sites for hydroxylation is 3. The van der Waals surface area contributed by atoms with Crippen molar-refractivity contribution >= 4 is 27.3 Å². The Balaban J connectivity index is 1.67. The topological polar surface area (TPSA) is 84.5 Å². The van der Waals surface area contributed by atoms with Gasteiger partial charge in [-0.1, -0.05) is 37.3 Å². The Labute approximate surface area is 189 Å². The monoisotopic (exact) mass is 452 g/mol. The molecular weight excluding hydrogens is 424 g/mol. The third kappa shape index (κ3) is 5.68. The van der Waals surface area contributed by atoms with E-state index in [-0.39, 0.29) is 10.8 Å². The molecule has 6 nitrogen and oxygen atoms in total. The first kappa shape index (κ1) is 23.3. The second kappa shape index (κ2) is 9.87. The number of carbonyl (C=O) groups is 1. The number of hydrogen-bond donors (Lipinski definition) is 2. The van der Waals surface area contributed by atoms with Crippen molar-refractivity contribution in [3.05, 3.63) is 83.4 Å². The van der Waals surface area contributed by atoms with Crippen molar-refractivity contribution in [3.63, 3.8) is 0 Å². The first-order chi connectivity index (χ1) is 15.2. The van der Waals surface area contributed by atoms with E-state index in [4.69, 9.17) is 4.74 Å². The van der Waals surface area contributed by atoms with Crippen LogP contribution in [0.3, 0.4) is 0 Å². The van der Waals surface area contributed by atoms with Gasteiger partial charge >= 0.3 is 0 Å². The van der Waals surface area contributed by atoms with Crippen molar-refractivity contribution in [2.45, 2.75) is 45.1 Å². The Bertz CT molecular complexity index is 1200. The number of anilines is 2. The zero-order valence-electron chi connectivity index (χ0n) is 18.7. The van der Waals surface area contributed by atoms with Gasteiger partial charge in [-0.3, -0.25) is 9.52 Å². The van der Waals surface area contributed by atoms with Crippen LogP contribution in [0.4, 0.5) is 11.4 Å². The van der Waals surface area contributed by atoms with E-state index in [9.17, 15) is 13.2 Å². The summed E-state index contributed by atoms with van der Waals surface area (Å²) in [7, 11) is -3.75. The van der Waals surface area contributed by atoms with Crippen LogP contribution in [0.15, 0.2) is 71.6 Å². The molecule has 0 heterocycles. The molecular formula is C25H28N2O4S. The summed E-state index contributed by atoms with van der Waals surface area (Å²) in [5, 5.41) is 2.77. The highest BCUT2D eigenvalue weighted by molar-refractivity contribution is 7.92. The number of benzene rings is 3. The van der Waals surface area contributed by atoms with Crippen LogP contribution in [0, 0.1) is 13.8 Å². The van der Waals surface area contributed by atoms with Crippen molar-refractivity contribution in [2.75, 3.05) is 10.0 Å². The predicted octanol–water partition coefficient (Wildman–Crippen LogP) is 5.07. The minimum Gasteiger partial charge on any atom is -0.481 e. The highest BCUT2D eigenvalue weighted by atomic mass is 32.2. The molecule has 0 bridgehead atoms. The summed E-state index contributed by atoms with van der Waals surface area (Å²) in [6.45, 7) is 7.45. The molecule has 168 valence electrons. The molecule has 0 fully saturated rings. The zero-order valence-corrected chi connectivity index (χ0v) is 19.5. The van der Waals surface area contributed by atoms with Crippen LogP contribution in [0.1, 0.15) is 30.5 Å². The fourth-order valence-electron chi connectivity index (χ4n) is 3.17. The molecule has 0 saturated carbocycles. The van der Waals surface area contributed by atoms with Crippen molar-refractivity contribution in [1.29, 1.82) is 0 Å². The molecule has 0 aliphatic carbocycles. The molecule has 1 amide bonds. The normalized spacial score (nSPS) is 12.1. The zero-order chi connectivity index (χ0) is 23.3. The molecule has 0 aliphatic rings. The molecule has 7 heteroatoms. The summed E-state index contributed by atoms with van der Waals surface area (Å²) >= 11 is 0. The number of amides is 1. The van der Waals surface area contributed by atoms with Gasteiger partial charge < -0.3 is 10.1 Å². The summed E-state index contributed by atoms with van der Waals surface area (Å²) in [6, 6.07) is 19.2. The summed E-state index contributed by atoms with van der Waals surface area (Å²) in [5.41, 5.74) is 3.85. The van der Waals surface area contributed by atoms with Crippen LogP contribution in [0.5, 0.6) is 5.75 Å². The number of sulfonamides is 1. The predicted molar refractivity (Wildman–Crippen MR) is 128 cm³/mol. The van der Waals surface area contributed by atoms with Crippen LogP contribution in [-0.4, -0.2) is 20.4 Å². The summed E-state index contributed by atoms with van der Waals surface area (Å²) < 4.78 is 33.9. The van der Waals surface area contributed by atoms with E-state index >= 15 is 0 Å². The molecule has 0 spiro atoms. The maximum absolute atomic E-state index is 12.8. The van der Waals surface area contributed by atoms with E-state index in [0.29, 0.717) is 17.1 Å². The van der Waals surface area contributed by atoms with E-state index in [1.54, 1.807) is 25.1 Å². The number of carbonyl (C=O) groups excluding carboxylic acids is 1. The maximum atomic E-state index is 12.8. The van der Waals surface area contributed by atoms with Gasteiger partial charge in [-0.05, 0) is 80.3 Å². The molecule has 0 aromatic heterocycles. The fraction of sp³-hybridized carbons (Fsp3) is 0.240. The highest BCUT2D eigenvalue weighted by Gasteiger charge is 2.18. The maximum Gasteiger partial charge on any atom is 0.265 e. The second-order valence-electron chi connectivity index (χ2n) is 7.66. The quantitative estimate of drug-likeness (QED) is 0.500. The van der Waals surface area contributed by atoms with Gasteiger partial charge in [-0.15, -0.1) is 0 Å². The van der Waals surface area contributed by atoms with E-state index < -0.39 is 16.1 Å². The standard InChI is InChI=1S/C25H28N2O4S/c1-5-20-8-6-7-9-24(20)31-19(4)25(28)26-21-12-14-22(15-13-21)32(29,30)27-23-16-17(2)10-11-18(23)3/h6-16,19,27H,5H2,1-4H3,(H,26,28)/t19-/m1/s1. The van der Waals surface area contributed by atoms with E-state index in [1.165, 1.54) is 12.1 Å². The molecule has 0 radical (unpaired) electrons. The molecule has 3 aromatic carbocycles. The van der Waals surface area contributed by atoms with Gasteiger partial charge in [0.15, 0.2) is 6.10 Å². The number of hydrogen-bond acceptors (Lipinski definition) is 4. The molecule has 1 atom stereocenters. The minimum atomic E-state index is -3.75. The van der Waals surface area contributed by atoms with Crippen molar-refractivity contribution in [1.82, 2.24) is 0 Å². The first-order valence-electron chi connectivity index (χ1n) is 10.4. The average molecular weight is 453 g/mol. The summed E-state index contributed by atoms with van der Waals surface area (Å²) in [5.74, 6) is 0.358. The van der Waals surface area contributed by atoms with Gasteiger partial charge in [0.1, 0.15) is 5.75 Å². The van der Waals surface area contributed by atoms with Gasteiger partial charge in [0.25, 0.3) is 15.9 Å². The van der Waals surface area contributed by atoms with Crippen molar-refractivity contribution < 1.29 is 17.9 Å². The largest absolute Gasteiger partial charge is 0.481 e. The fourth-order valence-corrected chi connectivity index (χ4v) is 4.29. The number of ether oxygens (including phenoxy) is 1. The Morgan fingerprint density at radius 2 is 1.69 bits per heavy atom. The van der Waals surface area contributed by atoms with Gasteiger partial charge in [-0.2, -0.15) is 0 Å². The van der Waals surface area contributed by atoms with Crippen LogP contribution in [0.25, 0.3) is 0 Å². The number of para-hydroxylation sites is 1. The SMILES string of the molecule is CCc1ccccc1O[C@H](C)C(=O)Nc1ccc(S(=O)(=O)Nc2cc(C)ccc2C)cc1. The Hall–Kier alpha value is -3.32. The number of rotatable bonds is 8. The highest BCUT2D eigenvalue weighted by Crippen LogP contribution is 2.23. The Kier molecular flexibility index (Phi) is 7.20. The molecule has 3 aromatic rings. The van der Waals surface area contributed by atoms with E-state index in [1.807, 2.05) is 57.2 Å². The lowest BCUT2D eigenvalue weighted by Crippen LogP contribution is -2.30. The lowest BCUT2D eigenvalue weighted by Gasteiger charge is -2.17. The average Bonchev–Trinajstić information content (AvgIpc) is 2.76. The Morgan fingerprint density at radius 1 is 1.00 bits per heavy atom. The third-order valence-electron chi connectivity index (χ3n) is 5.10. The first-order valence-corrected chi connectivity index (χ1v) is 11.9. The van der Waals surface area contributed by atoms with Crippen LogP contribution in [0.2, 0.25) is 0 Å². The lowest BCUT2D eigenvalue weighted by atomic mass is 10.1. The molecule has 32 heavy (non-hydrogen) atoms. The number of nitrogens with one attached hydrogen (secondary N) is 2. The lowest BCUT2D eigenvalue weighted by molar-refractivity contribution is -0.122. The molecule has 0 saturated heterocycles. The Morgan fingerprint density at radius 3 is 2.38 bits per heavy atom. The molecule has 0 unspecified atom stereocenters. The smallest absolute Gasteiger partial charge is 0.265 e. The van der Waals surface area contributed by atoms with Crippen LogP contribution < -0.4 is 14.8 Å². The van der Waals surface area contributed by atoms with Gasteiger partial charge in [-0.25, -0.2) is 8.42 Å². The minimum absolute atomic E-state index is 0.109. The van der Waals surface area contributed by atoms with Crippen molar-refractivity contribution in [3.8, 4) is 5.75 Å². The molecule has 3 rings (SSSR count). The second-order valence-corrected chi connectivity index (χ2v) is 9.34. The van der Waals surface area contributed by atoms with Crippen molar-refractivity contribution in [2.24, 2.45) is 0 Å². The summed E-state index contributed by atoms with van der Waals surface area (Å²) in [6.07, 6.45) is 0.0911. The molecule has 2 N–H and O–H groups in total. The van der Waals surface area contributed by atoms with Gasteiger partial charge in [0, 0.05) is 5.69 Å². The van der Waals surface area contributed by atoms with E-state index in [0.717, 1.165) is 23.1 Å². The van der Waals surface area contributed by atoms with Gasteiger partial charge in [0.05, 0.1) is 10.6 Å². The third-order valence-corrected chi connectivity index (χ3v) is 6.48. The van der Waals surface area contributed by atoms with E-state index in [2.05, 4.69) is 10.0 Å². The van der Waals surface area contributed by atoms with Crippen LogP contribution >= 0.6 is 0 Å². The van der Waals surface area contributed by atoms with Gasteiger partial charge in [0.2, 0.25) is 0 Å².